The molecule has 0 bridgehead atoms. The number of fused-ring (bicyclic) bond motifs is 2. The quantitative estimate of drug-likeness (QED) is 0.468. The summed E-state index contributed by atoms with van der Waals surface area (Å²) < 4.78 is 27.8. The van der Waals surface area contributed by atoms with Gasteiger partial charge in [-0.25, -0.2) is 8.42 Å². The molecule has 3 amide bonds. The second-order valence-corrected chi connectivity index (χ2v) is 11.6. The fourth-order valence-electron chi connectivity index (χ4n) is 5.65. The van der Waals surface area contributed by atoms with Gasteiger partial charge in [0.05, 0.1) is 16.7 Å². The van der Waals surface area contributed by atoms with Crippen LogP contribution in [-0.4, -0.2) is 73.0 Å². The Morgan fingerprint density at radius 3 is 2.15 bits per heavy atom. The largest absolute Gasteiger partial charge is 0.340 e. The topological polar surface area (TPSA) is 95.1 Å². The van der Waals surface area contributed by atoms with E-state index >= 15 is 0 Å². The van der Waals surface area contributed by atoms with E-state index in [1.165, 1.54) is 14.8 Å². The van der Waals surface area contributed by atoms with Gasteiger partial charge in [0.25, 0.3) is 0 Å². The lowest BCUT2D eigenvalue weighted by Crippen LogP contribution is -2.51. The molecule has 2 atom stereocenters. The predicted octanol–water partition coefficient (Wildman–Crippen LogP) is 1.74. The molecular formula is C25H31N3O5S. The molecule has 2 saturated heterocycles. The van der Waals surface area contributed by atoms with Gasteiger partial charge < -0.3 is 4.90 Å². The lowest BCUT2D eigenvalue weighted by Gasteiger charge is -2.34. The zero-order valence-corrected chi connectivity index (χ0v) is 20.1. The van der Waals surface area contributed by atoms with E-state index in [0.29, 0.717) is 30.8 Å². The number of carbonyl (C=O) groups excluding carboxylic acids is 3. The zero-order valence-electron chi connectivity index (χ0n) is 19.3. The van der Waals surface area contributed by atoms with Crippen LogP contribution in [0.4, 0.5) is 0 Å². The van der Waals surface area contributed by atoms with Gasteiger partial charge in [-0.05, 0) is 61.8 Å². The molecule has 34 heavy (non-hydrogen) atoms. The molecule has 9 heteroatoms. The summed E-state index contributed by atoms with van der Waals surface area (Å²) in [6.07, 6.45) is 9.28. The number of aryl methyl sites for hydroxylation is 2. The summed E-state index contributed by atoms with van der Waals surface area (Å²) >= 11 is 0. The monoisotopic (exact) mass is 485 g/mol. The van der Waals surface area contributed by atoms with Gasteiger partial charge in [-0.3, -0.25) is 19.3 Å². The molecule has 1 aromatic carbocycles. The number of hydrogen-bond donors (Lipinski definition) is 0. The van der Waals surface area contributed by atoms with E-state index in [4.69, 9.17) is 0 Å². The zero-order chi connectivity index (χ0) is 23.9. The maximum atomic E-state index is 13.2. The van der Waals surface area contributed by atoms with Crippen molar-refractivity contribution in [1.29, 1.82) is 0 Å². The van der Waals surface area contributed by atoms with Crippen LogP contribution in [-0.2, 0) is 37.2 Å². The first kappa shape index (κ1) is 23.2. The number of benzene rings is 1. The van der Waals surface area contributed by atoms with Gasteiger partial charge in [0.2, 0.25) is 27.7 Å². The van der Waals surface area contributed by atoms with Gasteiger partial charge in [0, 0.05) is 39.1 Å². The van der Waals surface area contributed by atoms with E-state index in [9.17, 15) is 22.8 Å². The molecule has 8 nitrogen and oxygen atoms in total. The second-order valence-electron chi connectivity index (χ2n) is 9.66. The van der Waals surface area contributed by atoms with Crippen molar-refractivity contribution in [2.24, 2.45) is 11.8 Å². The Balaban J connectivity index is 1.16. The fourth-order valence-corrected chi connectivity index (χ4v) is 7.13. The number of amides is 3. The Bertz CT molecular complexity index is 1110. The molecule has 2 aliphatic heterocycles. The van der Waals surface area contributed by atoms with Crippen LogP contribution in [0.2, 0.25) is 0 Å². The Labute approximate surface area is 200 Å². The lowest BCUT2D eigenvalue weighted by atomic mass is 9.85. The van der Waals surface area contributed by atoms with Crippen molar-refractivity contribution in [2.75, 3.05) is 32.7 Å². The number of nitrogens with zero attached hydrogens (tertiary/aromatic N) is 3. The molecule has 0 spiro atoms. The molecule has 4 aliphatic rings. The highest BCUT2D eigenvalue weighted by molar-refractivity contribution is 7.89. The van der Waals surface area contributed by atoms with E-state index in [0.717, 1.165) is 31.2 Å². The molecule has 0 N–H and O–H groups in total. The maximum absolute atomic E-state index is 13.2. The van der Waals surface area contributed by atoms with Crippen LogP contribution in [0.15, 0.2) is 35.2 Å². The molecule has 2 fully saturated rings. The molecule has 2 unspecified atom stereocenters. The van der Waals surface area contributed by atoms with Crippen molar-refractivity contribution in [3.63, 3.8) is 0 Å². The van der Waals surface area contributed by atoms with Crippen LogP contribution >= 0.6 is 0 Å². The average molecular weight is 486 g/mol. The normalized spacial score (nSPS) is 25.4. The van der Waals surface area contributed by atoms with Crippen LogP contribution in [0.25, 0.3) is 0 Å². The molecule has 0 saturated carbocycles. The summed E-state index contributed by atoms with van der Waals surface area (Å²) in [6, 6.07) is 5.46. The van der Waals surface area contributed by atoms with Crippen molar-refractivity contribution in [1.82, 2.24) is 14.1 Å². The van der Waals surface area contributed by atoms with E-state index in [1.807, 2.05) is 24.3 Å². The number of carbonyl (C=O) groups is 3. The summed E-state index contributed by atoms with van der Waals surface area (Å²) in [5.74, 6) is -1.07. The fraction of sp³-hybridized carbons (Fsp3) is 0.560. The van der Waals surface area contributed by atoms with Gasteiger partial charge in [-0.2, -0.15) is 4.31 Å². The summed E-state index contributed by atoms with van der Waals surface area (Å²) in [4.78, 5) is 41.2. The van der Waals surface area contributed by atoms with Crippen molar-refractivity contribution >= 4 is 27.7 Å². The van der Waals surface area contributed by atoms with Crippen molar-refractivity contribution in [2.45, 2.75) is 49.8 Å². The van der Waals surface area contributed by atoms with E-state index < -0.39 is 10.0 Å². The number of imide groups is 1. The smallest absolute Gasteiger partial charge is 0.243 e. The van der Waals surface area contributed by atoms with Gasteiger partial charge in [0.1, 0.15) is 0 Å². The van der Waals surface area contributed by atoms with Crippen LogP contribution in [0.3, 0.4) is 0 Å². The minimum Gasteiger partial charge on any atom is -0.340 e. The summed E-state index contributed by atoms with van der Waals surface area (Å²) in [5, 5.41) is 0. The third kappa shape index (κ3) is 4.20. The number of likely N-dealkylation sites (tertiary alicyclic amines) is 1. The predicted molar refractivity (Wildman–Crippen MR) is 125 cm³/mol. The third-order valence-electron chi connectivity index (χ3n) is 7.70. The molecule has 1 aromatic rings. The highest BCUT2D eigenvalue weighted by atomic mass is 32.2. The number of rotatable bonds is 5. The molecule has 5 rings (SSSR count). The Morgan fingerprint density at radius 2 is 1.50 bits per heavy atom. The van der Waals surface area contributed by atoms with E-state index in [-0.39, 0.29) is 55.6 Å². The Hall–Kier alpha value is -2.52. The summed E-state index contributed by atoms with van der Waals surface area (Å²) in [6.45, 7) is 1.18. The standard InChI is InChI=1S/C25H31N3O5S/c29-23(11-12-28-24(30)21-7-3-4-8-22(21)25(28)31)26-13-15-27(16-14-26)34(32,33)20-10-9-18-5-1-2-6-19(18)17-20/h3-4,9-10,17,21-22H,1-2,5-8,11-16H2. The van der Waals surface area contributed by atoms with Crippen LogP contribution in [0.5, 0.6) is 0 Å². The van der Waals surface area contributed by atoms with E-state index in [2.05, 4.69) is 0 Å². The SMILES string of the molecule is O=C(CCN1C(=O)C2CC=CCC2C1=O)N1CCN(S(=O)(=O)c2ccc3c(c2)CCCC3)CC1. The Morgan fingerprint density at radius 1 is 0.882 bits per heavy atom. The van der Waals surface area contributed by atoms with Gasteiger partial charge in [-0.1, -0.05) is 18.2 Å². The third-order valence-corrected chi connectivity index (χ3v) is 9.59. The summed E-state index contributed by atoms with van der Waals surface area (Å²) in [7, 11) is -3.60. The first-order valence-corrected chi connectivity index (χ1v) is 13.7. The maximum Gasteiger partial charge on any atom is 0.243 e. The average Bonchev–Trinajstić information content (AvgIpc) is 3.11. The van der Waals surface area contributed by atoms with Crippen molar-refractivity contribution in [3.8, 4) is 0 Å². The second kappa shape index (κ2) is 9.26. The lowest BCUT2D eigenvalue weighted by molar-refractivity contribution is -0.141. The van der Waals surface area contributed by atoms with Crippen LogP contribution in [0.1, 0.15) is 43.2 Å². The molecular weight excluding hydrogens is 454 g/mol. The first-order chi connectivity index (χ1) is 16.4. The first-order valence-electron chi connectivity index (χ1n) is 12.3. The minimum atomic E-state index is -3.60. The molecule has 0 radical (unpaired) electrons. The molecule has 2 aliphatic carbocycles. The number of sulfonamides is 1. The number of hydrogen-bond acceptors (Lipinski definition) is 5. The van der Waals surface area contributed by atoms with Gasteiger partial charge in [0.15, 0.2) is 0 Å². The van der Waals surface area contributed by atoms with Crippen LogP contribution < -0.4 is 0 Å². The highest BCUT2D eigenvalue weighted by Gasteiger charge is 2.47. The van der Waals surface area contributed by atoms with Crippen molar-refractivity contribution in [3.05, 3.63) is 41.5 Å². The van der Waals surface area contributed by atoms with Gasteiger partial charge in [-0.15, -0.1) is 0 Å². The minimum absolute atomic E-state index is 0.0713. The highest BCUT2D eigenvalue weighted by Crippen LogP contribution is 2.35. The van der Waals surface area contributed by atoms with Gasteiger partial charge >= 0.3 is 0 Å². The Kier molecular flexibility index (Phi) is 6.33. The van der Waals surface area contributed by atoms with Crippen molar-refractivity contribution < 1.29 is 22.8 Å². The molecule has 0 aromatic heterocycles. The van der Waals surface area contributed by atoms with Crippen LogP contribution in [0, 0.1) is 11.8 Å². The molecule has 2 heterocycles. The van der Waals surface area contributed by atoms with E-state index in [1.54, 1.807) is 11.0 Å². The number of allylic oxidation sites excluding steroid dienone is 2. The summed E-state index contributed by atoms with van der Waals surface area (Å²) in [5.41, 5.74) is 2.37. The number of piperazine rings is 1. The molecule has 182 valence electrons.